The number of aromatic nitrogens is 1. The predicted octanol–water partition coefficient (Wildman–Crippen LogP) is 2.83. The molecular weight excluding hydrogens is 324 g/mol. The summed E-state index contributed by atoms with van der Waals surface area (Å²) in [7, 11) is 1.65. The molecule has 3 heterocycles. The standard InChI is InChI=1S/C15H17ClN2O3S/c1-20-6-7-21-10-3-5-18(9-10)15(19)13-8-12-14(22-13)11(16)2-4-17-12/h2,4,8,10H,3,5-7,9H2,1H3/t10-/m0/s1. The number of carbonyl (C=O) groups is 1. The van der Waals surface area contributed by atoms with Gasteiger partial charge in [0.2, 0.25) is 0 Å². The number of hydrogen-bond donors (Lipinski definition) is 0. The van der Waals surface area contributed by atoms with E-state index >= 15 is 0 Å². The Morgan fingerprint density at radius 3 is 3.18 bits per heavy atom. The lowest BCUT2D eigenvalue weighted by molar-refractivity contribution is 0.0219. The Bertz CT molecular complexity index is 676. The first-order chi connectivity index (χ1) is 10.7. The van der Waals surface area contributed by atoms with Gasteiger partial charge in [-0.2, -0.15) is 0 Å². The molecule has 0 aliphatic carbocycles. The molecule has 1 saturated heterocycles. The van der Waals surface area contributed by atoms with Gasteiger partial charge in [-0.1, -0.05) is 11.6 Å². The van der Waals surface area contributed by atoms with Gasteiger partial charge in [0.05, 0.1) is 39.4 Å². The highest BCUT2D eigenvalue weighted by Gasteiger charge is 2.28. The maximum Gasteiger partial charge on any atom is 0.264 e. The summed E-state index contributed by atoms with van der Waals surface area (Å²) in [6, 6.07) is 3.55. The normalized spacial score (nSPS) is 18.3. The topological polar surface area (TPSA) is 51.7 Å². The second-order valence-electron chi connectivity index (χ2n) is 5.14. The highest BCUT2D eigenvalue weighted by atomic mass is 35.5. The maximum atomic E-state index is 12.6. The van der Waals surface area contributed by atoms with E-state index in [1.807, 2.05) is 11.0 Å². The molecule has 1 aliphatic rings. The number of likely N-dealkylation sites (tertiary alicyclic amines) is 1. The van der Waals surface area contributed by atoms with Crippen LogP contribution in [0.1, 0.15) is 16.1 Å². The van der Waals surface area contributed by atoms with Gasteiger partial charge >= 0.3 is 0 Å². The number of fused-ring (bicyclic) bond motifs is 1. The van der Waals surface area contributed by atoms with Gasteiger partial charge in [0.25, 0.3) is 5.91 Å². The van der Waals surface area contributed by atoms with E-state index in [0.29, 0.717) is 36.2 Å². The summed E-state index contributed by atoms with van der Waals surface area (Å²) in [6.07, 6.45) is 2.61. The van der Waals surface area contributed by atoms with Crippen LogP contribution in [-0.2, 0) is 9.47 Å². The van der Waals surface area contributed by atoms with Crippen LogP contribution < -0.4 is 0 Å². The lowest BCUT2D eigenvalue weighted by Crippen LogP contribution is -2.29. The lowest BCUT2D eigenvalue weighted by atomic mass is 10.3. The molecule has 0 bridgehead atoms. The largest absolute Gasteiger partial charge is 0.382 e. The van der Waals surface area contributed by atoms with Crippen molar-refractivity contribution in [1.29, 1.82) is 0 Å². The first kappa shape index (κ1) is 15.7. The summed E-state index contributed by atoms with van der Waals surface area (Å²) in [5.41, 5.74) is 0.771. The molecule has 7 heteroatoms. The molecule has 2 aromatic rings. The number of hydrogen-bond acceptors (Lipinski definition) is 5. The number of carbonyl (C=O) groups excluding carboxylic acids is 1. The molecule has 5 nitrogen and oxygen atoms in total. The zero-order valence-corrected chi connectivity index (χ0v) is 13.8. The number of thiophene rings is 1. The van der Waals surface area contributed by atoms with Crippen molar-refractivity contribution in [3.8, 4) is 0 Å². The highest BCUT2D eigenvalue weighted by Crippen LogP contribution is 2.31. The molecule has 0 aromatic carbocycles. The van der Waals surface area contributed by atoms with E-state index in [4.69, 9.17) is 21.1 Å². The molecule has 1 amide bonds. The van der Waals surface area contributed by atoms with Gasteiger partial charge in [0.1, 0.15) is 0 Å². The molecule has 0 radical (unpaired) electrons. The van der Waals surface area contributed by atoms with Crippen molar-refractivity contribution in [2.75, 3.05) is 33.4 Å². The van der Waals surface area contributed by atoms with Crippen LogP contribution in [0.25, 0.3) is 10.2 Å². The number of rotatable bonds is 5. The summed E-state index contributed by atoms with van der Waals surface area (Å²) in [5.74, 6) is 0.0249. The van der Waals surface area contributed by atoms with Gasteiger partial charge in [0, 0.05) is 26.4 Å². The van der Waals surface area contributed by atoms with Gasteiger partial charge in [0.15, 0.2) is 0 Å². The fourth-order valence-electron chi connectivity index (χ4n) is 2.52. The van der Waals surface area contributed by atoms with E-state index in [0.717, 1.165) is 16.6 Å². The van der Waals surface area contributed by atoms with Crippen molar-refractivity contribution in [3.63, 3.8) is 0 Å². The van der Waals surface area contributed by atoms with E-state index in [1.165, 1.54) is 11.3 Å². The second kappa shape index (κ2) is 6.91. The van der Waals surface area contributed by atoms with Crippen molar-refractivity contribution in [2.45, 2.75) is 12.5 Å². The minimum Gasteiger partial charge on any atom is -0.382 e. The Labute approximate surface area is 137 Å². The van der Waals surface area contributed by atoms with Gasteiger partial charge < -0.3 is 14.4 Å². The molecule has 1 atom stereocenters. The van der Waals surface area contributed by atoms with Crippen LogP contribution in [0, 0.1) is 0 Å². The number of halogens is 1. The number of methoxy groups -OCH3 is 1. The van der Waals surface area contributed by atoms with Crippen LogP contribution in [0.15, 0.2) is 18.3 Å². The molecule has 3 rings (SSSR count). The van der Waals surface area contributed by atoms with Crippen LogP contribution >= 0.6 is 22.9 Å². The molecule has 0 unspecified atom stereocenters. The third-order valence-corrected chi connectivity index (χ3v) is 5.22. The summed E-state index contributed by atoms with van der Waals surface area (Å²) in [5, 5.41) is 0.635. The molecule has 0 N–H and O–H groups in total. The number of amides is 1. The van der Waals surface area contributed by atoms with Crippen molar-refractivity contribution < 1.29 is 14.3 Å². The summed E-state index contributed by atoms with van der Waals surface area (Å²) in [6.45, 7) is 2.47. The van der Waals surface area contributed by atoms with E-state index < -0.39 is 0 Å². The van der Waals surface area contributed by atoms with E-state index in [1.54, 1.807) is 19.4 Å². The Hall–Kier alpha value is -1.21. The quantitative estimate of drug-likeness (QED) is 0.785. The maximum absolute atomic E-state index is 12.6. The molecule has 0 spiro atoms. The summed E-state index contributed by atoms with van der Waals surface area (Å²) >= 11 is 7.54. The third-order valence-electron chi connectivity index (χ3n) is 3.65. The highest BCUT2D eigenvalue weighted by molar-refractivity contribution is 7.21. The molecule has 22 heavy (non-hydrogen) atoms. The molecule has 1 aliphatic heterocycles. The van der Waals surface area contributed by atoms with Crippen LogP contribution in [0.5, 0.6) is 0 Å². The van der Waals surface area contributed by atoms with Crippen LogP contribution in [0.4, 0.5) is 0 Å². The second-order valence-corrected chi connectivity index (χ2v) is 6.60. The first-order valence-electron chi connectivity index (χ1n) is 7.13. The number of nitrogens with zero attached hydrogens (tertiary/aromatic N) is 2. The summed E-state index contributed by atoms with van der Waals surface area (Å²) < 4.78 is 11.5. The fourth-order valence-corrected chi connectivity index (χ4v) is 3.77. The van der Waals surface area contributed by atoms with Crippen molar-refractivity contribution in [1.82, 2.24) is 9.88 Å². The lowest BCUT2D eigenvalue weighted by Gasteiger charge is -2.15. The third kappa shape index (κ3) is 3.25. The molecule has 0 saturated carbocycles. The Balaban J connectivity index is 1.67. The zero-order valence-electron chi connectivity index (χ0n) is 12.3. The molecule has 2 aromatic heterocycles. The van der Waals surface area contributed by atoms with Crippen LogP contribution in [0.3, 0.4) is 0 Å². The Morgan fingerprint density at radius 2 is 2.41 bits per heavy atom. The van der Waals surface area contributed by atoms with Crippen LogP contribution in [0.2, 0.25) is 5.02 Å². The Kier molecular flexibility index (Phi) is 4.93. The monoisotopic (exact) mass is 340 g/mol. The number of pyridine rings is 1. The average Bonchev–Trinajstić information content (AvgIpc) is 3.14. The fraction of sp³-hybridized carbons (Fsp3) is 0.467. The SMILES string of the molecule is COCCO[C@H]1CCN(C(=O)c2cc3nccc(Cl)c3s2)C1. The minimum atomic E-state index is 0.0249. The van der Waals surface area contributed by atoms with E-state index in [2.05, 4.69) is 4.98 Å². The van der Waals surface area contributed by atoms with E-state index in [9.17, 15) is 4.79 Å². The van der Waals surface area contributed by atoms with Crippen LogP contribution in [-0.4, -0.2) is 55.3 Å². The van der Waals surface area contributed by atoms with Crippen molar-refractivity contribution in [3.05, 3.63) is 28.2 Å². The van der Waals surface area contributed by atoms with Crippen molar-refractivity contribution in [2.24, 2.45) is 0 Å². The number of ether oxygens (including phenoxy) is 2. The van der Waals surface area contributed by atoms with Crippen molar-refractivity contribution >= 4 is 39.1 Å². The zero-order chi connectivity index (χ0) is 15.5. The Morgan fingerprint density at radius 1 is 1.55 bits per heavy atom. The molecular formula is C15H17ClN2O3S. The average molecular weight is 341 g/mol. The first-order valence-corrected chi connectivity index (χ1v) is 8.32. The molecule has 1 fully saturated rings. The predicted molar refractivity (Wildman–Crippen MR) is 86.8 cm³/mol. The van der Waals surface area contributed by atoms with Gasteiger partial charge in [-0.3, -0.25) is 9.78 Å². The molecule has 118 valence electrons. The van der Waals surface area contributed by atoms with E-state index in [-0.39, 0.29) is 12.0 Å². The minimum absolute atomic E-state index is 0.0249. The smallest absolute Gasteiger partial charge is 0.264 e. The van der Waals surface area contributed by atoms with Gasteiger partial charge in [-0.25, -0.2) is 0 Å². The summed E-state index contributed by atoms with van der Waals surface area (Å²) in [4.78, 5) is 19.3. The van der Waals surface area contributed by atoms with Gasteiger partial charge in [-0.15, -0.1) is 11.3 Å². The van der Waals surface area contributed by atoms with Gasteiger partial charge in [-0.05, 0) is 18.6 Å².